The number of likely N-dealkylation sites (tertiary alicyclic amines) is 1. The van der Waals surface area contributed by atoms with Crippen LogP contribution in [0.15, 0.2) is 23.9 Å². The van der Waals surface area contributed by atoms with Gasteiger partial charge in [0.25, 0.3) is 0 Å². The van der Waals surface area contributed by atoms with Crippen LogP contribution in [0.25, 0.3) is 0 Å². The molecule has 1 aliphatic rings. The van der Waals surface area contributed by atoms with Crippen molar-refractivity contribution in [2.24, 2.45) is 0 Å². The minimum Gasteiger partial charge on any atom is -0.459 e. The summed E-state index contributed by atoms with van der Waals surface area (Å²) in [4.78, 5) is 13.7. The van der Waals surface area contributed by atoms with Crippen LogP contribution in [0.3, 0.4) is 0 Å². The highest BCUT2D eigenvalue weighted by molar-refractivity contribution is 5.93. The standard InChI is InChI=1S/C14H20N2O4/c15-9-12(14(19)20-11-13(18)10-17)5-4-8-16-6-2-1-3-7-16/h4-5,8,13,17-18H,1-3,6-7,10-11H2/b8-4+,12-5+. The van der Waals surface area contributed by atoms with Crippen LogP contribution in [-0.4, -0.2) is 53.5 Å². The van der Waals surface area contributed by atoms with Crippen molar-refractivity contribution in [3.8, 4) is 6.07 Å². The molecule has 0 amide bonds. The second-order valence-corrected chi connectivity index (χ2v) is 4.57. The van der Waals surface area contributed by atoms with E-state index in [1.165, 1.54) is 12.5 Å². The number of carbonyl (C=O) groups excluding carboxylic acids is 1. The summed E-state index contributed by atoms with van der Waals surface area (Å²) < 4.78 is 4.70. The van der Waals surface area contributed by atoms with Gasteiger partial charge < -0.3 is 19.8 Å². The van der Waals surface area contributed by atoms with E-state index in [2.05, 4.69) is 4.90 Å². The molecule has 1 fully saturated rings. The van der Waals surface area contributed by atoms with Gasteiger partial charge in [-0.25, -0.2) is 4.79 Å². The van der Waals surface area contributed by atoms with E-state index in [-0.39, 0.29) is 12.2 Å². The highest BCUT2D eigenvalue weighted by atomic mass is 16.5. The molecule has 1 aliphatic heterocycles. The third-order valence-corrected chi connectivity index (χ3v) is 2.91. The molecule has 0 saturated carbocycles. The van der Waals surface area contributed by atoms with Crippen LogP contribution in [0.4, 0.5) is 0 Å². The number of nitriles is 1. The second kappa shape index (κ2) is 9.13. The van der Waals surface area contributed by atoms with E-state index in [1.807, 2.05) is 6.20 Å². The Bertz CT molecular complexity index is 406. The average Bonchev–Trinajstić information content (AvgIpc) is 2.49. The number of hydrogen-bond donors (Lipinski definition) is 2. The summed E-state index contributed by atoms with van der Waals surface area (Å²) >= 11 is 0. The molecule has 0 aromatic rings. The number of carbonyl (C=O) groups is 1. The van der Waals surface area contributed by atoms with Crippen LogP contribution in [0, 0.1) is 11.3 Å². The number of hydrogen-bond acceptors (Lipinski definition) is 6. The highest BCUT2D eigenvalue weighted by Gasteiger charge is 2.12. The molecule has 1 rings (SSSR count). The fourth-order valence-electron chi connectivity index (χ4n) is 1.78. The first kappa shape index (κ1) is 16.2. The Labute approximate surface area is 118 Å². The number of aliphatic hydroxyl groups excluding tert-OH is 2. The van der Waals surface area contributed by atoms with Gasteiger partial charge in [0.1, 0.15) is 24.4 Å². The SMILES string of the molecule is N#C/C(=C\C=C\N1CCCCC1)C(=O)OCC(O)CO. The Kier molecular flexibility index (Phi) is 7.40. The largest absolute Gasteiger partial charge is 0.459 e. The molecule has 1 saturated heterocycles. The normalized spacial score (nSPS) is 17.9. The Hall–Kier alpha value is -1.84. The third kappa shape index (κ3) is 5.87. The molecular formula is C14H20N2O4. The second-order valence-electron chi connectivity index (χ2n) is 4.57. The van der Waals surface area contributed by atoms with Crippen LogP contribution < -0.4 is 0 Å². The lowest BCUT2D eigenvalue weighted by atomic mass is 10.1. The molecule has 6 nitrogen and oxygen atoms in total. The summed E-state index contributed by atoms with van der Waals surface area (Å²) in [7, 11) is 0. The van der Waals surface area contributed by atoms with Crippen molar-refractivity contribution >= 4 is 5.97 Å². The van der Waals surface area contributed by atoms with Gasteiger partial charge in [-0.05, 0) is 37.6 Å². The number of ether oxygens (including phenoxy) is 1. The lowest BCUT2D eigenvalue weighted by molar-refractivity contribution is -0.142. The van der Waals surface area contributed by atoms with E-state index in [4.69, 9.17) is 20.2 Å². The predicted octanol–water partition coefficient (Wildman–Crippen LogP) is 0.332. The number of esters is 1. The zero-order valence-corrected chi connectivity index (χ0v) is 11.4. The maximum atomic E-state index is 11.5. The summed E-state index contributed by atoms with van der Waals surface area (Å²) in [6.45, 7) is 1.15. The van der Waals surface area contributed by atoms with Gasteiger partial charge in [0.15, 0.2) is 0 Å². The van der Waals surface area contributed by atoms with Gasteiger partial charge in [0.2, 0.25) is 0 Å². The monoisotopic (exact) mass is 280 g/mol. The summed E-state index contributed by atoms with van der Waals surface area (Å²) in [6.07, 6.45) is 7.31. The molecule has 6 heteroatoms. The molecule has 0 radical (unpaired) electrons. The Morgan fingerprint density at radius 1 is 1.40 bits per heavy atom. The molecule has 0 bridgehead atoms. The van der Waals surface area contributed by atoms with E-state index in [0.717, 1.165) is 25.9 Å². The fraction of sp³-hybridized carbons (Fsp3) is 0.571. The maximum Gasteiger partial charge on any atom is 0.348 e. The van der Waals surface area contributed by atoms with Crippen LogP contribution >= 0.6 is 0 Å². The molecule has 0 aliphatic carbocycles. The summed E-state index contributed by atoms with van der Waals surface area (Å²) in [5.74, 6) is -0.803. The molecule has 1 unspecified atom stereocenters. The molecule has 0 spiro atoms. The maximum absolute atomic E-state index is 11.5. The minimum absolute atomic E-state index is 0.136. The van der Waals surface area contributed by atoms with Crippen molar-refractivity contribution in [3.05, 3.63) is 23.9 Å². The smallest absolute Gasteiger partial charge is 0.348 e. The van der Waals surface area contributed by atoms with Gasteiger partial charge in [-0.2, -0.15) is 5.26 Å². The average molecular weight is 280 g/mol. The molecule has 110 valence electrons. The fourth-order valence-corrected chi connectivity index (χ4v) is 1.78. The van der Waals surface area contributed by atoms with Gasteiger partial charge in [-0.15, -0.1) is 0 Å². The van der Waals surface area contributed by atoms with E-state index < -0.39 is 18.7 Å². The van der Waals surface area contributed by atoms with E-state index >= 15 is 0 Å². The lowest BCUT2D eigenvalue weighted by Gasteiger charge is -2.24. The van der Waals surface area contributed by atoms with Gasteiger partial charge >= 0.3 is 5.97 Å². The summed E-state index contributed by atoms with van der Waals surface area (Å²) in [5, 5.41) is 26.5. The molecule has 0 aromatic carbocycles. The van der Waals surface area contributed by atoms with Crippen molar-refractivity contribution < 1.29 is 19.7 Å². The van der Waals surface area contributed by atoms with Crippen LogP contribution in [0.1, 0.15) is 19.3 Å². The summed E-state index contributed by atoms with van der Waals surface area (Å²) in [5.41, 5.74) is -0.136. The first-order valence-corrected chi connectivity index (χ1v) is 6.66. The molecular weight excluding hydrogens is 260 g/mol. The highest BCUT2D eigenvalue weighted by Crippen LogP contribution is 2.09. The summed E-state index contributed by atoms with van der Waals surface area (Å²) in [6, 6.07) is 1.75. The van der Waals surface area contributed by atoms with Crippen LogP contribution in [-0.2, 0) is 9.53 Å². The van der Waals surface area contributed by atoms with Gasteiger partial charge in [-0.3, -0.25) is 0 Å². The lowest BCUT2D eigenvalue weighted by Crippen LogP contribution is -2.24. The molecule has 1 heterocycles. The number of aliphatic hydroxyl groups is 2. The number of piperidine rings is 1. The first-order valence-electron chi connectivity index (χ1n) is 6.66. The van der Waals surface area contributed by atoms with E-state index in [9.17, 15) is 4.79 Å². The number of nitrogens with zero attached hydrogens (tertiary/aromatic N) is 2. The van der Waals surface area contributed by atoms with E-state index in [1.54, 1.807) is 12.1 Å². The van der Waals surface area contributed by atoms with Crippen molar-refractivity contribution in [1.82, 2.24) is 4.90 Å². The quantitative estimate of drug-likeness (QED) is 0.315. The van der Waals surface area contributed by atoms with Crippen molar-refractivity contribution in [3.63, 3.8) is 0 Å². The zero-order valence-electron chi connectivity index (χ0n) is 11.4. The Morgan fingerprint density at radius 3 is 2.70 bits per heavy atom. The van der Waals surface area contributed by atoms with Crippen LogP contribution in [0.5, 0.6) is 0 Å². The van der Waals surface area contributed by atoms with E-state index in [0.29, 0.717) is 0 Å². The van der Waals surface area contributed by atoms with Gasteiger partial charge in [-0.1, -0.05) is 0 Å². The molecule has 1 atom stereocenters. The Morgan fingerprint density at radius 2 is 2.10 bits per heavy atom. The third-order valence-electron chi connectivity index (χ3n) is 2.91. The van der Waals surface area contributed by atoms with Crippen molar-refractivity contribution in [2.45, 2.75) is 25.4 Å². The topological polar surface area (TPSA) is 93.8 Å². The van der Waals surface area contributed by atoms with Gasteiger partial charge in [0, 0.05) is 13.1 Å². The van der Waals surface area contributed by atoms with Crippen molar-refractivity contribution in [2.75, 3.05) is 26.3 Å². The molecule has 20 heavy (non-hydrogen) atoms. The number of allylic oxidation sites excluding steroid dienone is 2. The minimum atomic E-state index is -1.12. The molecule has 2 N–H and O–H groups in total. The van der Waals surface area contributed by atoms with Gasteiger partial charge in [0.05, 0.1) is 6.61 Å². The molecule has 0 aromatic heterocycles. The van der Waals surface area contributed by atoms with Crippen molar-refractivity contribution in [1.29, 1.82) is 5.26 Å². The predicted molar refractivity (Wildman–Crippen MR) is 72.3 cm³/mol. The Balaban J connectivity index is 2.47. The number of rotatable bonds is 6. The zero-order chi connectivity index (χ0) is 14.8. The van der Waals surface area contributed by atoms with Crippen LogP contribution in [0.2, 0.25) is 0 Å². The first-order chi connectivity index (χ1) is 9.67.